The Balaban J connectivity index is 3.21. The summed E-state index contributed by atoms with van der Waals surface area (Å²) in [6, 6.07) is -2.02. The highest BCUT2D eigenvalue weighted by Crippen LogP contribution is 2.32. The van der Waals surface area contributed by atoms with Gasteiger partial charge < -0.3 is 19.9 Å². The molecule has 1 aliphatic heterocycles. The summed E-state index contributed by atoms with van der Waals surface area (Å²) in [5, 5.41) is 0. The first-order valence-electron chi connectivity index (χ1n) is 8.87. The molecule has 0 aliphatic carbocycles. The number of nitrogens with zero attached hydrogens (tertiary/aromatic N) is 1. The molecule has 0 saturated carbocycles. The zero-order chi connectivity index (χ0) is 20.3. The van der Waals surface area contributed by atoms with Crippen LogP contribution in [0.3, 0.4) is 0 Å². The van der Waals surface area contributed by atoms with Crippen LogP contribution in [0.5, 0.6) is 0 Å². The molecule has 0 radical (unpaired) electrons. The van der Waals surface area contributed by atoms with Crippen LogP contribution in [-0.2, 0) is 23.8 Å². The van der Waals surface area contributed by atoms with Crippen LogP contribution < -0.4 is 5.73 Å². The molecule has 1 saturated heterocycles. The Morgan fingerprint density at radius 2 is 1.69 bits per heavy atom. The lowest BCUT2D eigenvalue weighted by Gasteiger charge is -2.35. The Labute approximate surface area is 155 Å². The van der Waals surface area contributed by atoms with Crippen molar-refractivity contribution in [3.8, 4) is 0 Å². The van der Waals surface area contributed by atoms with Crippen LogP contribution in [0.1, 0.15) is 54.4 Å². The van der Waals surface area contributed by atoms with Gasteiger partial charge in [0.25, 0.3) is 0 Å². The summed E-state index contributed by atoms with van der Waals surface area (Å²) in [6.45, 7) is 10.7. The van der Waals surface area contributed by atoms with Crippen LogP contribution in [0.4, 0.5) is 4.79 Å². The van der Waals surface area contributed by atoms with Gasteiger partial charge in [0.15, 0.2) is 0 Å². The molecule has 2 amide bonds. The zero-order valence-electron chi connectivity index (χ0n) is 17.0. The molecule has 150 valence electrons. The highest BCUT2D eigenvalue weighted by molar-refractivity contribution is 5.89. The second kappa shape index (κ2) is 8.02. The first kappa shape index (κ1) is 22.5. The molecule has 1 unspecified atom stereocenters. The van der Waals surface area contributed by atoms with Gasteiger partial charge in [-0.15, -0.1) is 4.48 Å². The van der Waals surface area contributed by atoms with Gasteiger partial charge in [-0.1, -0.05) is 0 Å². The van der Waals surface area contributed by atoms with Gasteiger partial charge in [-0.05, 0) is 41.5 Å². The van der Waals surface area contributed by atoms with E-state index in [1.165, 1.54) is 7.11 Å². The number of nitrogens with two attached hydrogens (primary N) is 1. The number of carbonyl (C=O) groups is 3. The predicted molar refractivity (Wildman–Crippen MR) is 95.1 cm³/mol. The molecule has 1 aliphatic rings. The van der Waals surface area contributed by atoms with Crippen molar-refractivity contribution in [2.24, 2.45) is 5.73 Å². The van der Waals surface area contributed by atoms with Gasteiger partial charge in [-0.2, -0.15) is 4.79 Å². The third-order valence-electron chi connectivity index (χ3n) is 4.12. The Bertz CT molecular complexity index is 549. The van der Waals surface area contributed by atoms with E-state index in [9.17, 15) is 14.4 Å². The number of esters is 1. The average molecular weight is 373 g/mol. The summed E-state index contributed by atoms with van der Waals surface area (Å²) in [5.41, 5.74) is 4.75. The normalized spacial score (nSPS) is 24.8. The SMILES string of the molecule is COC(=O)[C@@H]1CCC[N+]1(C(=O)OC(C)(C)C)C(=O)[C@@H](N)COC(C)(C)C. The Morgan fingerprint density at radius 3 is 2.15 bits per heavy atom. The maximum atomic E-state index is 13.2. The van der Waals surface area contributed by atoms with Gasteiger partial charge in [0.2, 0.25) is 6.04 Å². The van der Waals surface area contributed by atoms with E-state index in [2.05, 4.69) is 0 Å². The number of hydrogen-bond donors (Lipinski definition) is 1. The van der Waals surface area contributed by atoms with Crippen LogP contribution in [0.15, 0.2) is 0 Å². The van der Waals surface area contributed by atoms with Crippen LogP contribution >= 0.6 is 0 Å². The number of ether oxygens (including phenoxy) is 3. The number of imide groups is 1. The molecule has 8 heteroatoms. The Hall–Kier alpha value is -1.51. The molecular weight excluding hydrogens is 340 g/mol. The van der Waals surface area contributed by atoms with E-state index >= 15 is 0 Å². The lowest BCUT2D eigenvalue weighted by molar-refractivity contribution is -0.788. The van der Waals surface area contributed by atoms with Crippen molar-refractivity contribution >= 4 is 18.0 Å². The van der Waals surface area contributed by atoms with Crippen LogP contribution in [0, 0.1) is 0 Å². The average Bonchev–Trinajstić information content (AvgIpc) is 2.94. The summed E-state index contributed by atoms with van der Waals surface area (Å²) >= 11 is 0. The Morgan fingerprint density at radius 1 is 1.12 bits per heavy atom. The quantitative estimate of drug-likeness (QED) is 0.591. The number of hydrogen-bond acceptors (Lipinski definition) is 7. The summed E-state index contributed by atoms with van der Waals surface area (Å²) in [6.07, 6.45) is 0.0869. The summed E-state index contributed by atoms with van der Waals surface area (Å²) in [4.78, 5) is 38.5. The van der Waals surface area contributed by atoms with Crippen molar-refractivity contribution < 1.29 is 33.1 Å². The number of carbonyl (C=O) groups excluding carboxylic acids is 3. The van der Waals surface area contributed by atoms with E-state index in [1.54, 1.807) is 20.8 Å². The second-order valence-corrected chi connectivity index (χ2v) is 8.62. The monoisotopic (exact) mass is 373 g/mol. The van der Waals surface area contributed by atoms with Gasteiger partial charge in [-0.25, -0.2) is 9.59 Å². The van der Waals surface area contributed by atoms with E-state index < -0.39 is 45.7 Å². The van der Waals surface area contributed by atoms with Crippen molar-refractivity contribution in [1.82, 2.24) is 0 Å². The van der Waals surface area contributed by atoms with E-state index in [0.29, 0.717) is 12.8 Å². The van der Waals surface area contributed by atoms with Gasteiger partial charge in [-0.3, -0.25) is 0 Å². The van der Waals surface area contributed by atoms with Gasteiger partial charge in [0.1, 0.15) is 11.6 Å². The van der Waals surface area contributed by atoms with Crippen LogP contribution in [-0.4, -0.2) is 66.0 Å². The minimum atomic E-state index is -1.06. The third kappa shape index (κ3) is 5.25. The number of methoxy groups -OCH3 is 1. The number of amides is 2. The summed E-state index contributed by atoms with van der Waals surface area (Å²) < 4.78 is 15.1. The van der Waals surface area contributed by atoms with Gasteiger partial charge >= 0.3 is 18.0 Å². The molecule has 0 aromatic rings. The van der Waals surface area contributed by atoms with Gasteiger partial charge in [0, 0.05) is 12.8 Å². The van der Waals surface area contributed by atoms with E-state index in [0.717, 1.165) is 0 Å². The fourth-order valence-electron chi connectivity index (χ4n) is 2.97. The highest BCUT2D eigenvalue weighted by atomic mass is 16.6. The van der Waals surface area contributed by atoms with Crippen molar-refractivity contribution in [2.75, 3.05) is 20.3 Å². The van der Waals surface area contributed by atoms with Crippen molar-refractivity contribution in [3.05, 3.63) is 0 Å². The minimum Gasteiger partial charge on any atom is -0.465 e. The molecular formula is C18H33N2O6+. The van der Waals surface area contributed by atoms with Crippen LogP contribution in [0.25, 0.3) is 0 Å². The third-order valence-corrected chi connectivity index (χ3v) is 4.12. The smallest absolute Gasteiger partial charge is 0.465 e. The summed E-state index contributed by atoms with van der Waals surface area (Å²) in [7, 11) is 1.23. The second-order valence-electron chi connectivity index (χ2n) is 8.62. The van der Waals surface area contributed by atoms with Crippen molar-refractivity contribution in [1.29, 1.82) is 0 Å². The fourth-order valence-corrected chi connectivity index (χ4v) is 2.97. The van der Waals surface area contributed by atoms with E-state index in [4.69, 9.17) is 19.9 Å². The predicted octanol–water partition coefficient (Wildman–Crippen LogP) is 1.74. The molecule has 26 heavy (non-hydrogen) atoms. The highest BCUT2D eigenvalue weighted by Gasteiger charge is 2.61. The fraction of sp³-hybridized carbons (Fsp3) is 0.833. The van der Waals surface area contributed by atoms with E-state index in [-0.39, 0.29) is 13.2 Å². The summed E-state index contributed by atoms with van der Waals surface area (Å²) in [5.74, 6) is -1.21. The zero-order valence-corrected chi connectivity index (χ0v) is 17.0. The molecule has 0 spiro atoms. The number of likely N-dealkylation sites (tertiary alicyclic amines) is 1. The Kier molecular flexibility index (Phi) is 6.95. The minimum absolute atomic E-state index is 0.0565. The van der Waals surface area contributed by atoms with Crippen molar-refractivity contribution in [2.45, 2.75) is 77.7 Å². The maximum Gasteiger partial charge on any atom is 0.524 e. The first-order valence-corrected chi connectivity index (χ1v) is 8.87. The van der Waals surface area contributed by atoms with Crippen molar-refractivity contribution in [3.63, 3.8) is 0 Å². The maximum absolute atomic E-state index is 13.2. The first-order chi connectivity index (χ1) is 11.7. The van der Waals surface area contributed by atoms with Crippen LogP contribution in [0.2, 0.25) is 0 Å². The molecule has 8 nitrogen and oxygen atoms in total. The molecule has 2 N–H and O–H groups in total. The molecule has 0 aromatic carbocycles. The largest absolute Gasteiger partial charge is 0.524 e. The lowest BCUT2D eigenvalue weighted by Crippen LogP contribution is -2.67. The standard InChI is InChI=1S/C18H33N2O6/c1-17(2,3)25-11-12(19)14(21)20(16(23)26-18(4,5)6)10-8-9-13(20)15(22)24-7/h12-13H,8-11,19H2,1-7H3/q+1/t12-,13-,20?/m0/s1. The molecule has 1 fully saturated rings. The van der Waals surface area contributed by atoms with E-state index in [1.807, 2.05) is 20.8 Å². The van der Waals surface area contributed by atoms with Gasteiger partial charge in [0.05, 0.1) is 25.9 Å². The topological polar surface area (TPSA) is 105 Å². The molecule has 0 aromatic heterocycles. The number of rotatable bonds is 4. The number of quaternary nitrogens is 1. The molecule has 1 rings (SSSR count). The molecule has 1 heterocycles. The lowest BCUT2D eigenvalue weighted by atomic mass is 10.1. The molecule has 0 bridgehead atoms. The molecule has 3 atom stereocenters.